The zero-order valence-corrected chi connectivity index (χ0v) is 16.5. The lowest BCUT2D eigenvalue weighted by Crippen LogP contribution is -2.05. The van der Waals surface area contributed by atoms with Crippen molar-refractivity contribution in [3.8, 4) is 0 Å². The summed E-state index contributed by atoms with van der Waals surface area (Å²) in [6, 6.07) is 5.76. The predicted octanol–water partition coefficient (Wildman–Crippen LogP) is 5.66. The third kappa shape index (κ3) is 4.46. The highest BCUT2D eigenvalue weighted by Gasteiger charge is 2.19. The number of rotatable bonds is 3. The molecule has 0 spiro atoms. The van der Waals surface area contributed by atoms with Crippen LogP contribution in [0, 0.1) is 13.8 Å². The Balaban J connectivity index is 0.00000123. The summed E-state index contributed by atoms with van der Waals surface area (Å²) in [5, 5.41) is 1.99. The number of aryl methyl sites for hydroxylation is 3. The minimum absolute atomic E-state index is 0.0261. The largest absolute Gasteiger partial charge is 0.294 e. The molecule has 0 heterocycles. The van der Waals surface area contributed by atoms with Gasteiger partial charge in [-0.3, -0.25) is 4.55 Å². The molecule has 0 fully saturated rings. The average Bonchev–Trinajstić information content (AvgIpc) is 2.57. The van der Waals surface area contributed by atoms with Gasteiger partial charge in [0.1, 0.15) is 0 Å². The molecule has 0 atom stereocenters. The van der Waals surface area contributed by atoms with Gasteiger partial charge in [0.25, 0.3) is 10.1 Å². The Kier molecular flexibility index (Phi) is 8.94. The van der Waals surface area contributed by atoms with Crippen LogP contribution in [0.1, 0.15) is 49.9 Å². The van der Waals surface area contributed by atoms with Crippen LogP contribution in [-0.4, -0.2) is 13.0 Å². The monoisotopic (exact) mass is 350 g/mol. The highest BCUT2D eigenvalue weighted by atomic mass is 32.2. The van der Waals surface area contributed by atoms with Crippen LogP contribution in [0.2, 0.25) is 0 Å². The van der Waals surface area contributed by atoms with E-state index in [2.05, 4.69) is 32.2 Å². The van der Waals surface area contributed by atoms with Crippen molar-refractivity contribution in [2.24, 2.45) is 0 Å². The standard InChI is InChI=1S/C16H20O3S.C2H6.C2H4/c1-5-12-7-8-14-13(6-2)11(4)16(20(17,18)19)9-15(14)10(12)3;2*1-2/h7-9H,5-6H2,1-4H3,(H,17,18,19);1-2H3;1-2H2. The molecular formula is C20H30O3S. The van der Waals surface area contributed by atoms with Crippen LogP contribution in [-0.2, 0) is 23.0 Å². The van der Waals surface area contributed by atoms with E-state index in [0.29, 0.717) is 5.56 Å². The second kappa shape index (κ2) is 9.60. The molecule has 0 aliphatic carbocycles. The first-order valence-corrected chi connectivity index (χ1v) is 9.77. The molecule has 0 saturated carbocycles. The minimum Gasteiger partial charge on any atom is -0.282 e. The summed E-state index contributed by atoms with van der Waals surface area (Å²) in [5.41, 5.74) is 3.92. The Morgan fingerprint density at radius 1 is 0.958 bits per heavy atom. The lowest BCUT2D eigenvalue weighted by Gasteiger charge is -2.16. The lowest BCUT2D eigenvalue weighted by atomic mass is 9.92. The van der Waals surface area contributed by atoms with Crippen molar-refractivity contribution in [1.82, 2.24) is 0 Å². The molecule has 2 aromatic carbocycles. The summed E-state index contributed by atoms with van der Waals surface area (Å²) in [4.78, 5) is 0.0261. The van der Waals surface area contributed by atoms with Crippen molar-refractivity contribution in [2.45, 2.75) is 59.3 Å². The van der Waals surface area contributed by atoms with Crippen molar-refractivity contribution in [2.75, 3.05) is 0 Å². The van der Waals surface area contributed by atoms with Gasteiger partial charge in [-0.25, -0.2) is 0 Å². The molecule has 0 aliphatic rings. The lowest BCUT2D eigenvalue weighted by molar-refractivity contribution is 0.482. The van der Waals surface area contributed by atoms with E-state index in [-0.39, 0.29) is 4.90 Å². The molecular weight excluding hydrogens is 320 g/mol. The smallest absolute Gasteiger partial charge is 0.282 e. The van der Waals surface area contributed by atoms with Crippen LogP contribution in [0.25, 0.3) is 10.8 Å². The Hall–Kier alpha value is -1.65. The normalized spacial score (nSPS) is 10.5. The van der Waals surface area contributed by atoms with Gasteiger partial charge in [-0.2, -0.15) is 8.42 Å². The second-order valence-corrected chi connectivity index (χ2v) is 6.50. The van der Waals surface area contributed by atoms with Crippen LogP contribution in [0.15, 0.2) is 36.3 Å². The van der Waals surface area contributed by atoms with Gasteiger partial charge in [-0.05, 0) is 65.8 Å². The van der Waals surface area contributed by atoms with Gasteiger partial charge in [0, 0.05) is 0 Å². The van der Waals surface area contributed by atoms with E-state index in [1.54, 1.807) is 13.0 Å². The van der Waals surface area contributed by atoms with Crippen LogP contribution >= 0.6 is 0 Å². The molecule has 0 unspecified atom stereocenters. The van der Waals surface area contributed by atoms with Gasteiger partial charge in [-0.1, -0.05) is 39.8 Å². The fraction of sp³-hybridized carbons (Fsp3) is 0.400. The zero-order chi connectivity index (χ0) is 19.1. The van der Waals surface area contributed by atoms with Gasteiger partial charge in [-0.15, -0.1) is 13.2 Å². The van der Waals surface area contributed by atoms with Crippen molar-refractivity contribution >= 4 is 20.9 Å². The van der Waals surface area contributed by atoms with E-state index < -0.39 is 10.1 Å². The van der Waals surface area contributed by atoms with Gasteiger partial charge in [0.15, 0.2) is 0 Å². The van der Waals surface area contributed by atoms with Gasteiger partial charge < -0.3 is 0 Å². The zero-order valence-electron chi connectivity index (χ0n) is 15.7. The maximum Gasteiger partial charge on any atom is 0.294 e. The second-order valence-electron chi connectivity index (χ2n) is 5.11. The van der Waals surface area contributed by atoms with Crippen LogP contribution in [0.3, 0.4) is 0 Å². The van der Waals surface area contributed by atoms with Crippen molar-refractivity contribution in [3.05, 3.63) is 53.6 Å². The highest BCUT2D eigenvalue weighted by Crippen LogP contribution is 2.32. The van der Waals surface area contributed by atoms with Gasteiger partial charge in [0.05, 0.1) is 4.90 Å². The molecule has 0 bridgehead atoms. The summed E-state index contributed by atoms with van der Waals surface area (Å²) in [6.07, 6.45) is 1.63. The molecule has 134 valence electrons. The molecule has 0 radical (unpaired) electrons. The molecule has 1 N–H and O–H groups in total. The van der Waals surface area contributed by atoms with E-state index in [0.717, 1.165) is 34.7 Å². The molecule has 2 rings (SSSR count). The third-order valence-electron chi connectivity index (χ3n) is 4.06. The van der Waals surface area contributed by atoms with E-state index in [1.165, 1.54) is 5.56 Å². The van der Waals surface area contributed by atoms with Crippen molar-refractivity contribution < 1.29 is 13.0 Å². The SMILES string of the molecule is C=C.CC.CCc1ccc2c(CC)c(C)c(S(=O)(=O)O)cc2c1C. The molecule has 4 heteroatoms. The molecule has 2 aromatic rings. The Labute approximate surface area is 147 Å². The highest BCUT2D eigenvalue weighted by molar-refractivity contribution is 7.85. The molecule has 0 amide bonds. The van der Waals surface area contributed by atoms with E-state index in [4.69, 9.17) is 0 Å². The predicted molar refractivity (Wildman–Crippen MR) is 105 cm³/mol. The fourth-order valence-electron chi connectivity index (χ4n) is 2.92. The molecule has 0 aromatic heterocycles. The summed E-state index contributed by atoms with van der Waals surface area (Å²) in [7, 11) is -4.19. The van der Waals surface area contributed by atoms with Gasteiger partial charge >= 0.3 is 0 Å². The number of fused-ring (bicyclic) bond motifs is 1. The summed E-state index contributed by atoms with van der Waals surface area (Å²) in [6.45, 7) is 17.8. The molecule has 24 heavy (non-hydrogen) atoms. The average molecular weight is 351 g/mol. The summed E-state index contributed by atoms with van der Waals surface area (Å²) in [5.74, 6) is 0. The molecule has 0 saturated heterocycles. The van der Waals surface area contributed by atoms with Crippen LogP contribution < -0.4 is 0 Å². The topological polar surface area (TPSA) is 54.4 Å². The maximum atomic E-state index is 11.6. The number of hydrogen-bond donors (Lipinski definition) is 1. The fourth-order valence-corrected chi connectivity index (χ4v) is 3.70. The summed E-state index contributed by atoms with van der Waals surface area (Å²) < 4.78 is 32.6. The quantitative estimate of drug-likeness (QED) is 0.574. The van der Waals surface area contributed by atoms with Gasteiger partial charge in [0.2, 0.25) is 0 Å². The first-order valence-electron chi connectivity index (χ1n) is 8.33. The molecule has 3 nitrogen and oxygen atoms in total. The third-order valence-corrected chi connectivity index (χ3v) is 5.04. The van der Waals surface area contributed by atoms with Crippen LogP contribution in [0.4, 0.5) is 0 Å². The first kappa shape index (κ1) is 22.4. The van der Waals surface area contributed by atoms with E-state index >= 15 is 0 Å². The minimum atomic E-state index is -4.19. The Bertz CT molecular complexity index is 790. The Morgan fingerprint density at radius 2 is 1.50 bits per heavy atom. The van der Waals surface area contributed by atoms with E-state index in [9.17, 15) is 13.0 Å². The van der Waals surface area contributed by atoms with E-state index in [1.807, 2.05) is 27.7 Å². The summed E-state index contributed by atoms with van der Waals surface area (Å²) >= 11 is 0. The number of benzene rings is 2. The first-order chi connectivity index (χ1) is 11.3. The number of hydrogen-bond acceptors (Lipinski definition) is 2. The van der Waals surface area contributed by atoms with Crippen molar-refractivity contribution in [1.29, 1.82) is 0 Å². The molecule has 0 aliphatic heterocycles. The van der Waals surface area contributed by atoms with Crippen molar-refractivity contribution in [3.63, 3.8) is 0 Å². The van der Waals surface area contributed by atoms with Crippen LogP contribution in [0.5, 0.6) is 0 Å². The Morgan fingerprint density at radius 3 is 1.92 bits per heavy atom. The maximum absolute atomic E-state index is 11.6.